The van der Waals surface area contributed by atoms with Gasteiger partial charge in [-0.1, -0.05) is 67.4 Å². The lowest BCUT2D eigenvalue weighted by Gasteiger charge is -2.37. The maximum atomic E-state index is 14.4. The number of benzene rings is 3. The predicted octanol–water partition coefficient (Wildman–Crippen LogP) is 7.50. The third kappa shape index (κ3) is 4.75. The molecule has 2 heterocycles. The second kappa shape index (κ2) is 9.70. The predicted molar refractivity (Wildman–Crippen MR) is 150 cm³/mol. The van der Waals surface area contributed by atoms with Crippen LogP contribution in [0.3, 0.4) is 0 Å². The van der Waals surface area contributed by atoms with Gasteiger partial charge in [0.25, 0.3) is 5.56 Å². The maximum Gasteiger partial charge on any atom is 0.312 e. The number of Topliss-reactive ketones (excluding diaryl/α,β-unsaturated/α-hetero) is 1. The molecule has 1 unspecified atom stereocenters. The van der Waals surface area contributed by atoms with Crippen molar-refractivity contribution in [3.05, 3.63) is 122 Å². The van der Waals surface area contributed by atoms with Crippen molar-refractivity contribution in [2.24, 2.45) is 5.41 Å². The first kappa shape index (κ1) is 25.4. The van der Waals surface area contributed by atoms with Gasteiger partial charge in [0.05, 0.1) is 17.2 Å². The number of hydrogen-bond acceptors (Lipinski definition) is 5. The van der Waals surface area contributed by atoms with E-state index in [9.17, 15) is 9.59 Å². The van der Waals surface area contributed by atoms with E-state index in [1.165, 1.54) is 4.57 Å². The van der Waals surface area contributed by atoms with E-state index in [-0.39, 0.29) is 28.7 Å². The van der Waals surface area contributed by atoms with Gasteiger partial charge >= 0.3 is 6.01 Å². The second-order valence-corrected chi connectivity index (χ2v) is 11.4. The van der Waals surface area contributed by atoms with Crippen LogP contribution < -0.4 is 15.0 Å². The lowest BCUT2D eigenvalue weighted by Crippen LogP contribution is -2.37. The summed E-state index contributed by atoms with van der Waals surface area (Å²) in [5, 5.41) is 1.07. The molecular weight excluding hydrogens is 535 g/mol. The number of fused-ring (bicyclic) bond motifs is 1. The van der Waals surface area contributed by atoms with Crippen LogP contribution in [0.15, 0.2) is 95.0 Å². The largest absolute Gasteiger partial charge is 0.442 e. The molecule has 1 aliphatic carbocycles. The van der Waals surface area contributed by atoms with Crippen molar-refractivity contribution >= 4 is 29.0 Å². The van der Waals surface area contributed by atoms with Gasteiger partial charge in [-0.05, 0) is 59.5 Å². The first-order valence-electron chi connectivity index (χ1n) is 12.6. The van der Waals surface area contributed by atoms with E-state index >= 15 is 0 Å². The highest BCUT2D eigenvalue weighted by Gasteiger charge is 2.44. The molecule has 0 amide bonds. The summed E-state index contributed by atoms with van der Waals surface area (Å²) < 4.78 is 13.8. The van der Waals surface area contributed by atoms with Crippen LogP contribution in [0.4, 0.5) is 0 Å². The Morgan fingerprint density at radius 2 is 1.54 bits per heavy atom. The Labute approximate surface area is 235 Å². The lowest BCUT2D eigenvalue weighted by molar-refractivity contribution is -0.118. The molecule has 1 atom stereocenters. The first-order chi connectivity index (χ1) is 18.7. The van der Waals surface area contributed by atoms with Gasteiger partial charge in [0.2, 0.25) is 5.88 Å². The molecule has 0 fully saturated rings. The number of aromatic nitrogens is 2. The zero-order chi connectivity index (χ0) is 27.3. The van der Waals surface area contributed by atoms with E-state index in [2.05, 4.69) is 0 Å². The van der Waals surface area contributed by atoms with E-state index in [0.29, 0.717) is 45.7 Å². The Bertz CT molecular complexity index is 1680. The number of carbonyl (C=O) groups is 1. The minimum absolute atomic E-state index is 0.0145. The Morgan fingerprint density at radius 3 is 2.21 bits per heavy atom. The van der Waals surface area contributed by atoms with Crippen molar-refractivity contribution < 1.29 is 14.3 Å². The summed E-state index contributed by atoms with van der Waals surface area (Å²) in [5.41, 5.74) is 1.44. The molecule has 6 rings (SSSR count). The average Bonchev–Trinajstić information content (AvgIpc) is 2.89. The molecule has 39 heavy (non-hydrogen) atoms. The van der Waals surface area contributed by atoms with Gasteiger partial charge in [-0.2, -0.15) is 4.98 Å². The molecule has 4 aromatic rings. The minimum atomic E-state index is -0.628. The molecule has 0 spiro atoms. The number of ketones is 1. The van der Waals surface area contributed by atoms with Crippen LogP contribution in [-0.2, 0) is 4.79 Å². The summed E-state index contributed by atoms with van der Waals surface area (Å²) >= 11 is 12.2. The molecule has 0 N–H and O–H groups in total. The van der Waals surface area contributed by atoms with Crippen molar-refractivity contribution in [2.75, 3.05) is 0 Å². The highest BCUT2D eigenvalue weighted by molar-refractivity contribution is 6.30. The number of hydrogen-bond donors (Lipinski definition) is 0. The molecule has 2 aliphatic rings. The number of carbonyl (C=O) groups excluding carboxylic acids is 1. The van der Waals surface area contributed by atoms with E-state index in [1.54, 1.807) is 48.5 Å². The summed E-state index contributed by atoms with van der Waals surface area (Å²) in [7, 11) is 0. The fourth-order valence-electron chi connectivity index (χ4n) is 5.25. The number of ether oxygens (including phenoxy) is 2. The molecule has 0 bridgehead atoms. The minimum Gasteiger partial charge on any atom is -0.442 e. The SMILES string of the molecule is CC1(C)CC(=O)C2=C(C1)Oc1nc(Oc3ccc(Cl)cc3)n(-c3ccc(Cl)cc3)c(=O)c1C2c1ccccc1. The third-order valence-electron chi connectivity index (χ3n) is 6.97. The fourth-order valence-corrected chi connectivity index (χ4v) is 5.50. The zero-order valence-electron chi connectivity index (χ0n) is 21.3. The zero-order valence-corrected chi connectivity index (χ0v) is 22.8. The van der Waals surface area contributed by atoms with Gasteiger partial charge in [0.15, 0.2) is 5.78 Å². The quantitative estimate of drug-likeness (QED) is 0.259. The summed E-state index contributed by atoms with van der Waals surface area (Å²) in [6.07, 6.45) is 0.913. The van der Waals surface area contributed by atoms with Gasteiger partial charge in [-0.15, -0.1) is 0 Å². The monoisotopic (exact) mass is 558 g/mol. The highest BCUT2D eigenvalue weighted by atomic mass is 35.5. The number of allylic oxidation sites excluding steroid dienone is 2. The van der Waals surface area contributed by atoms with Crippen molar-refractivity contribution in [2.45, 2.75) is 32.6 Å². The summed E-state index contributed by atoms with van der Waals surface area (Å²) in [6.45, 7) is 4.07. The molecule has 0 saturated carbocycles. The van der Waals surface area contributed by atoms with Gasteiger partial charge < -0.3 is 9.47 Å². The second-order valence-electron chi connectivity index (χ2n) is 10.5. The lowest BCUT2D eigenvalue weighted by atomic mass is 9.70. The van der Waals surface area contributed by atoms with Crippen LogP contribution in [-0.4, -0.2) is 15.3 Å². The highest BCUT2D eigenvalue weighted by Crippen LogP contribution is 2.49. The first-order valence-corrected chi connectivity index (χ1v) is 13.3. The molecule has 196 valence electrons. The smallest absolute Gasteiger partial charge is 0.312 e. The molecule has 1 aromatic heterocycles. The van der Waals surface area contributed by atoms with E-state index < -0.39 is 11.5 Å². The number of nitrogens with zero attached hydrogens (tertiary/aromatic N) is 2. The fraction of sp³-hybridized carbons (Fsp3) is 0.194. The maximum absolute atomic E-state index is 14.4. The Morgan fingerprint density at radius 1 is 0.897 bits per heavy atom. The molecule has 1 aliphatic heterocycles. The van der Waals surface area contributed by atoms with Crippen molar-refractivity contribution in [3.8, 4) is 23.3 Å². The van der Waals surface area contributed by atoms with Gasteiger partial charge in [0, 0.05) is 28.5 Å². The Balaban J connectivity index is 1.61. The Kier molecular flexibility index (Phi) is 6.32. The Hall–Kier alpha value is -3.87. The number of halogens is 2. The summed E-state index contributed by atoms with van der Waals surface area (Å²) in [6, 6.07) is 23.1. The summed E-state index contributed by atoms with van der Waals surface area (Å²) in [4.78, 5) is 32.7. The van der Waals surface area contributed by atoms with Crippen molar-refractivity contribution in [1.82, 2.24) is 9.55 Å². The standard InChI is InChI=1S/C31H24Cl2N2O4/c1-31(2)16-23(36)26-24(17-31)39-28-27(25(26)18-6-4-3-5-7-18)29(37)35(21-12-8-19(32)9-13-21)30(34-28)38-22-14-10-20(33)11-15-22/h3-15,25H,16-17H2,1-2H3. The molecule has 6 nitrogen and oxygen atoms in total. The molecular formula is C31H24Cl2N2O4. The van der Waals surface area contributed by atoms with Gasteiger partial charge in [-0.3, -0.25) is 9.59 Å². The van der Waals surface area contributed by atoms with E-state index in [0.717, 1.165) is 5.56 Å². The normalized spacial score (nSPS) is 17.7. The third-order valence-corrected chi connectivity index (χ3v) is 7.47. The molecule has 0 radical (unpaired) electrons. The van der Waals surface area contributed by atoms with Crippen LogP contribution in [0.5, 0.6) is 17.6 Å². The van der Waals surface area contributed by atoms with Crippen LogP contribution >= 0.6 is 23.2 Å². The van der Waals surface area contributed by atoms with Crippen LogP contribution in [0.2, 0.25) is 10.0 Å². The van der Waals surface area contributed by atoms with E-state index in [1.807, 2.05) is 44.2 Å². The van der Waals surface area contributed by atoms with Crippen molar-refractivity contribution in [1.29, 1.82) is 0 Å². The van der Waals surface area contributed by atoms with Crippen LogP contribution in [0.25, 0.3) is 5.69 Å². The summed E-state index contributed by atoms with van der Waals surface area (Å²) in [5.74, 6) is 0.466. The van der Waals surface area contributed by atoms with Crippen molar-refractivity contribution in [3.63, 3.8) is 0 Å². The van der Waals surface area contributed by atoms with Gasteiger partial charge in [0.1, 0.15) is 11.5 Å². The van der Waals surface area contributed by atoms with E-state index in [4.69, 9.17) is 37.7 Å². The van der Waals surface area contributed by atoms with Gasteiger partial charge in [-0.25, -0.2) is 4.57 Å². The molecule has 0 saturated heterocycles. The van der Waals surface area contributed by atoms with Crippen LogP contribution in [0, 0.1) is 5.41 Å². The molecule has 3 aromatic carbocycles. The average molecular weight is 559 g/mol. The molecule has 8 heteroatoms. The topological polar surface area (TPSA) is 70.4 Å². The number of rotatable bonds is 4. The van der Waals surface area contributed by atoms with Crippen LogP contribution in [0.1, 0.15) is 43.7 Å².